The third kappa shape index (κ3) is 2.01. The first-order valence-electron chi connectivity index (χ1n) is 5.42. The maximum Gasteiger partial charge on any atom is 0.258 e. The lowest BCUT2D eigenvalue weighted by molar-refractivity contribution is 0.453. The van der Waals surface area contributed by atoms with E-state index in [1.165, 1.54) is 5.56 Å². The lowest BCUT2D eigenvalue weighted by Crippen LogP contribution is -2.08. The summed E-state index contributed by atoms with van der Waals surface area (Å²) in [5.74, 6) is 1.11. The van der Waals surface area contributed by atoms with Crippen molar-refractivity contribution in [1.29, 1.82) is 0 Å². The molecule has 16 heavy (non-hydrogen) atoms. The molecule has 2 aromatic rings. The highest BCUT2D eigenvalue weighted by Gasteiger charge is 2.16. The van der Waals surface area contributed by atoms with Gasteiger partial charge < -0.3 is 10.2 Å². The van der Waals surface area contributed by atoms with Crippen LogP contribution in [0.1, 0.15) is 37.8 Å². The Morgan fingerprint density at radius 1 is 1.44 bits per heavy atom. The van der Waals surface area contributed by atoms with E-state index < -0.39 is 0 Å². The number of aryl methyl sites for hydroxylation is 1. The van der Waals surface area contributed by atoms with Gasteiger partial charge >= 0.3 is 0 Å². The average Bonchev–Trinajstić information content (AvgIpc) is 2.95. The molecule has 0 bridgehead atoms. The standard InChI is InChI=1S/C11H15N3OS/c1-3-7-5-6-16-9(7)11-14-13-10(15-11)8(12)4-2/h5-6,8H,3-4,12H2,1-2H3. The largest absolute Gasteiger partial charge is 0.418 e. The lowest BCUT2D eigenvalue weighted by Gasteiger charge is -2.00. The highest BCUT2D eigenvalue weighted by Crippen LogP contribution is 2.29. The van der Waals surface area contributed by atoms with Crippen LogP contribution < -0.4 is 5.73 Å². The van der Waals surface area contributed by atoms with Crippen LogP contribution in [0.2, 0.25) is 0 Å². The zero-order chi connectivity index (χ0) is 11.5. The minimum atomic E-state index is -0.161. The SMILES string of the molecule is CCc1ccsc1-c1nnc(C(N)CC)o1. The quantitative estimate of drug-likeness (QED) is 0.888. The van der Waals surface area contributed by atoms with Gasteiger partial charge in [-0.05, 0) is 29.9 Å². The van der Waals surface area contributed by atoms with Crippen LogP contribution >= 0.6 is 11.3 Å². The predicted molar refractivity (Wildman–Crippen MR) is 64.2 cm³/mol. The van der Waals surface area contributed by atoms with Crippen LogP contribution in [0.3, 0.4) is 0 Å². The summed E-state index contributed by atoms with van der Waals surface area (Å²) in [4.78, 5) is 1.06. The van der Waals surface area contributed by atoms with Crippen molar-refractivity contribution in [2.75, 3.05) is 0 Å². The zero-order valence-electron chi connectivity index (χ0n) is 9.43. The Morgan fingerprint density at radius 2 is 2.25 bits per heavy atom. The van der Waals surface area contributed by atoms with E-state index in [0.29, 0.717) is 11.8 Å². The van der Waals surface area contributed by atoms with Gasteiger partial charge in [-0.25, -0.2) is 0 Å². The molecule has 86 valence electrons. The minimum Gasteiger partial charge on any atom is -0.418 e. The summed E-state index contributed by atoms with van der Waals surface area (Å²) >= 11 is 1.62. The smallest absolute Gasteiger partial charge is 0.258 e. The minimum absolute atomic E-state index is 0.161. The number of thiophene rings is 1. The van der Waals surface area contributed by atoms with Crippen molar-refractivity contribution in [2.45, 2.75) is 32.7 Å². The van der Waals surface area contributed by atoms with Gasteiger partial charge in [0, 0.05) is 0 Å². The molecule has 0 spiro atoms. The Labute approximate surface area is 98.5 Å². The highest BCUT2D eigenvalue weighted by molar-refractivity contribution is 7.13. The molecule has 2 rings (SSSR count). The number of nitrogens with two attached hydrogens (primary N) is 1. The summed E-state index contributed by atoms with van der Waals surface area (Å²) in [5.41, 5.74) is 7.08. The maximum absolute atomic E-state index is 5.84. The Hall–Kier alpha value is -1.20. The van der Waals surface area contributed by atoms with E-state index in [4.69, 9.17) is 10.2 Å². The van der Waals surface area contributed by atoms with E-state index in [1.54, 1.807) is 11.3 Å². The van der Waals surface area contributed by atoms with Gasteiger partial charge in [0.05, 0.1) is 10.9 Å². The van der Waals surface area contributed by atoms with E-state index in [1.807, 2.05) is 12.3 Å². The van der Waals surface area contributed by atoms with Gasteiger partial charge in [-0.3, -0.25) is 0 Å². The van der Waals surface area contributed by atoms with Crippen molar-refractivity contribution in [3.63, 3.8) is 0 Å². The fraction of sp³-hybridized carbons (Fsp3) is 0.455. The number of hydrogen-bond donors (Lipinski definition) is 1. The molecule has 2 aromatic heterocycles. The Balaban J connectivity index is 2.31. The molecule has 0 saturated heterocycles. The first-order valence-corrected chi connectivity index (χ1v) is 6.29. The molecule has 1 unspecified atom stereocenters. The molecule has 0 aromatic carbocycles. The number of rotatable bonds is 4. The molecule has 5 heteroatoms. The van der Waals surface area contributed by atoms with Gasteiger partial charge in [0.15, 0.2) is 0 Å². The highest BCUT2D eigenvalue weighted by atomic mass is 32.1. The van der Waals surface area contributed by atoms with E-state index in [9.17, 15) is 0 Å². The van der Waals surface area contributed by atoms with Crippen LogP contribution in [0, 0.1) is 0 Å². The molecule has 0 aliphatic rings. The first-order chi connectivity index (χ1) is 7.76. The average molecular weight is 237 g/mol. The first kappa shape index (κ1) is 11.3. The van der Waals surface area contributed by atoms with Crippen LogP contribution in [0.4, 0.5) is 0 Å². The second-order valence-electron chi connectivity index (χ2n) is 3.59. The summed E-state index contributed by atoms with van der Waals surface area (Å²) in [5, 5.41) is 10.1. The topological polar surface area (TPSA) is 64.9 Å². The van der Waals surface area contributed by atoms with E-state index in [0.717, 1.165) is 17.7 Å². The molecule has 2 N–H and O–H groups in total. The van der Waals surface area contributed by atoms with Crippen molar-refractivity contribution >= 4 is 11.3 Å². The van der Waals surface area contributed by atoms with Gasteiger partial charge in [0.25, 0.3) is 5.89 Å². The number of hydrogen-bond acceptors (Lipinski definition) is 5. The molecule has 1 atom stereocenters. The zero-order valence-corrected chi connectivity index (χ0v) is 10.3. The van der Waals surface area contributed by atoms with Crippen molar-refractivity contribution in [3.8, 4) is 10.8 Å². The number of nitrogens with zero attached hydrogens (tertiary/aromatic N) is 2. The van der Waals surface area contributed by atoms with E-state index in [2.05, 4.69) is 23.2 Å². The summed E-state index contributed by atoms with van der Waals surface area (Å²) in [6.45, 7) is 4.11. The fourth-order valence-corrected chi connectivity index (χ4v) is 2.37. The second-order valence-corrected chi connectivity index (χ2v) is 4.50. The van der Waals surface area contributed by atoms with Gasteiger partial charge in [-0.1, -0.05) is 13.8 Å². The molecule has 0 fully saturated rings. The van der Waals surface area contributed by atoms with Gasteiger partial charge in [0.1, 0.15) is 0 Å². The number of aromatic nitrogens is 2. The Bertz CT molecular complexity index is 463. The molecule has 0 radical (unpaired) electrons. The monoisotopic (exact) mass is 237 g/mol. The summed E-state index contributed by atoms with van der Waals surface area (Å²) < 4.78 is 5.59. The van der Waals surface area contributed by atoms with Crippen LogP contribution in [0.15, 0.2) is 15.9 Å². The molecule has 0 saturated carbocycles. The molecule has 0 amide bonds. The summed E-state index contributed by atoms with van der Waals surface area (Å²) in [7, 11) is 0. The van der Waals surface area contributed by atoms with Gasteiger partial charge in [-0.15, -0.1) is 21.5 Å². The third-order valence-electron chi connectivity index (χ3n) is 2.52. The van der Waals surface area contributed by atoms with Gasteiger partial charge in [0.2, 0.25) is 5.89 Å². The maximum atomic E-state index is 5.84. The lowest BCUT2D eigenvalue weighted by atomic mass is 10.2. The van der Waals surface area contributed by atoms with Crippen LogP contribution in [0.5, 0.6) is 0 Å². The van der Waals surface area contributed by atoms with E-state index in [-0.39, 0.29) is 6.04 Å². The predicted octanol–water partition coefficient (Wildman–Crippen LogP) is 2.77. The van der Waals surface area contributed by atoms with E-state index >= 15 is 0 Å². The summed E-state index contributed by atoms with van der Waals surface area (Å²) in [6.07, 6.45) is 1.77. The van der Waals surface area contributed by atoms with Crippen molar-refractivity contribution in [2.24, 2.45) is 5.73 Å². The molecule has 4 nitrogen and oxygen atoms in total. The van der Waals surface area contributed by atoms with Crippen LogP contribution in [-0.2, 0) is 6.42 Å². The van der Waals surface area contributed by atoms with Gasteiger partial charge in [-0.2, -0.15) is 0 Å². The molecule has 0 aliphatic carbocycles. The third-order valence-corrected chi connectivity index (χ3v) is 3.46. The Morgan fingerprint density at radius 3 is 2.94 bits per heavy atom. The molecule has 2 heterocycles. The summed E-state index contributed by atoms with van der Waals surface area (Å²) in [6, 6.07) is 1.93. The van der Waals surface area contributed by atoms with Crippen molar-refractivity contribution < 1.29 is 4.42 Å². The normalized spacial score (nSPS) is 12.9. The van der Waals surface area contributed by atoms with Crippen LogP contribution in [0.25, 0.3) is 10.8 Å². The Kier molecular flexibility index (Phi) is 3.36. The van der Waals surface area contributed by atoms with Crippen LogP contribution in [-0.4, -0.2) is 10.2 Å². The molecular weight excluding hydrogens is 222 g/mol. The fourth-order valence-electron chi connectivity index (χ4n) is 1.45. The van der Waals surface area contributed by atoms with Crippen molar-refractivity contribution in [3.05, 3.63) is 22.9 Å². The molecular formula is C11H15N3OS. The molecule has 0 aliphatic heterocycles. The van der Waals surface area contributed by atoms with Crippen molar-refractivity contribution in [1.82, 2.24) is 10.2 Å². The second kappa shape index (κ2) is 4.76.